The molecule has 1 atom stereocenters. The zero-order valence-corrected chi connectivity index (χ0v) is 10.2. The van der Waals surface area contributed by atoms with Gasteiger partial charge in [0.05, 0.1) is 17.6 Å². The molecule has 90 valence electrons. The highest BCUT2D eigenvalue weighted by Crippen LogP contribution is 2.16. The summed E-state index contributed by atoms with van der Waals surface area (Å²) in [5.41, 5.74) is 2.88. The number of aromatic nitrogens is 2. The Hall–Kier alpha value is -1.68. The Kier molecular flexibility index (Phi) is 3.88. The Morgan fingerprint density at radius 3 is 2.71 bits per heavy atom. The van der Waals surface area contributed by atoms with Gasteiger partial charge in [0, 0.05) is 31.2 Å². The van der Waals surface area contributed by atoms with Crippen LogP contribution in [0, 0.1) is 0 Å². The highest BCUT2D eigenvalue weighted by Gasteiger charge is 2.06. The van der Waals surface area contributed by atoms with E-state index in [4.69, 9.17) is 4.74 Å². The van der Waals surface area contributed by atoms with E-state index in [-0.39, 0.29) is 0 Å². The van der Waals surface area contributed by atoms with Crippen LogP contribution in [0.4, 0.5) is 5.69 Å². The van der Waals surface area contributed by atoms with E-state index in [2.05, 4.69) is 22.2 Å². The lowest BCUT2D eigenvalue weighted by atomic mass is 10.2. The summed E-state index contributed by atoms with van der Waals surface area (Å²) in [5, 5.41) is 3.43. The van der Waals surface area contributed by atoms with Crippen LogP contribution in [-0.2, 0) is 4.74 Å². The molecule has 2 aromatic rings. The number of hydrogen-bond acceptors (Lipinski definition) is 4. The van der Waals surface area contributed by atoms with Crippen molar-refractivity contribution in [2.24, 2.45) is 0 Å². The number of nitrogens with one attached hydrogen (secondary N) is 1. The molecule has 0 aliphatic rings. The second kappa shape index (κ2) is 5.59. The quantitative estimate of drug-likeness (QED) is 0.858. The largest absolute Gasteiger partial charge is 0.383 e. The molecular formula is C13H17N3O. The lowest BCUT2D eigenvalue weighted by Gasteiger charge is -2.17. The van der Waals surface area contributed by atoms with Crippen LogP contribution in [-0.4, -0.2) is 29.7 Å². The predicted molar refractivity (Wildman–Crippen MR) is 69.1 cm³/mol. The number of rotatable bonds is 5. The number of fused-ring (bicyclic) bond motifs is 1. The van der Waals surface area contributed by atoms with Crippen LogP contribution in [0.15, 0.2) is 30.6 Å². The Morgan fingerprint density at radius 2 is 2.00 bits per heavy atom. The van der Waals surface area contributed by atoms with Gasteiger partial charge in [0.2, 0.25) is 0 Å². The maximum atomic E-state index is 5.16. The van der Waals surface area contributed by atoms with E-state index in [1.807, 2.05) is 18.2 Å². The zero-order valence-electron chi connectivity index (χ0n) is 10.2. The average molecular weight is 231 g/mol. The second-order valence-electron chi connectivity index (χ2n) is 3.96. The molecule has 0 saturated carbocycles. The van der Waals surface area contributed by atoms with Crippen LogP contribution in [0.3, 0.4) is 0 Å². The molecule has 0 amide bonds. The van der Waals surface area contributed by atoms with Crippen molar-refractivity contribution in [3.63, 3.8) is 0 Å². The van der Waals surface area contributed by atoms with Gasteiger partial charge in [-0.25, -0.2) is 0 Å². The number of nitrogens with zero attached hydrogens (tertiary/aromatic N) is 2. The van der Waals surface area contributed by atoms with Crippen LogP contribution in [0.25, 0.3) is 11.0 Å². The Bertz CT molecular complexity index is 487. The van der Waals surface area contributed by atoms with E-state index in [1.54, 1.807) is 19.5 Å². The summed E-state index contributed by atoms with van der Waals surface area (Å²) >= 11 is 0. The monoisotopic (exact) mass is 231 g/mol. The van der Waals surface area contributed by atoms with E-state index in [0.717, 1.165) is 23.1 Å². The molecule has 1 unspecified atom stereocenters. The molecule has 4 heteroatoms. The van der Waals surface area contributed by atoms with Crippen LogP contribution in [0.1, 0.15) is 13.3 Å². The van der Waals surface area contributed by atoms with Crippen molar-refractivity contribution in [1.29, 1.82) is 0 Å². The summed E-state index contributed by atoms with van der Waals surface area (Å²) in [6, 6.07) is 6.34. The number of benzene rings is 1. The Labute approximate surface area is 101 Å². The maximum Gasteiger partial charge on any atom is 0.0907 e. The van der Waals surface area contributed by atoms with Gasteiger partial charge in [0.25, 0.3) is 0 Å². The van der Waals surface area contributed by atoms with Gasteiger partial charge < -0.3 is 10.1 Å². The van der Waals surface area contributed by atoms with Gasteiger partial charge in [0.1, 0.15) is 0 Å². The molecule has 1 aromatic carbocycles. The fourth-order valence-corrected chi connectivity index (χ4v) is 1.75. The standard InChI is InChI=1S/C13H17N3O/c1-3-10(9-17-2)16-11-4-5-12-13(8-11)15-7-6-14-12/h4-8,10,16H,3,9H2,1-2H3. The third kappa shape index (κ3) is 2.91. The Balaban J connectivity index is 2.18. The van der Waals surface area contributed by atoms with Gasteiger partial charge in [-0.1, -0.05) is 6.92 Å². The number of anilines is 1. The van der Waals surface area contributed by atoms with Gasteiger partial charge in [0.15, 0.2) is 0 Å². The van der Waals surface area contributed by atoms with Gasteiger partial charge in [-0.2, -0.15) is 0 Å². The average Bonchev–Trinajstić information content (AvgIpc) is 2.38. The molecule has 1 N–H and O–H groups in total. The molecule has 4 nitrogen and oxygen atoms in total. The molecule has 0 fully saturated rings. The van der Waals surface area contributed by atoms with Crippen molar-refractivity contribution in [2.45, 2.75) is 19.4 Å². The van der Waals surface area contributed by atoms with Crippen LogP contribution in [0.2, 0.25) is 0 Å². The van der Waals surface area contributed by atoms with Crippen molar-refractivity contribution in [3.05, 3.63) is 30.6 Å². The summed E-state index contributed by atoms with van der Waals surface area (Å²) in [5.74, 6) is 0. The normalized spacial score (nSPS) is 12.6. The molecule has 0 aliphatic carbocycles. The molecule has 1 heterocycles. The van der Waals surface area contributed by atoms with Gasteiger partial charge >= 0.3 is 0 Å². The first-order valence-corrected chi connectivity index (χ1v) is 5.79. The minimum atomic E-state index is 0.328. The molecule has 0 spiro atoms. The molecule has 1 aromatic heterocycles. The molecule has 2 rings (SSSR count). The van der Waals surface area contributed by atoms with Crippen LogP contribution < -0.4 is 5.32 Å². The molecular weight excluding hydrogens is 214 g/mol. The van der Waals surface area contributed by atoms with E-state index in [1.165, 1.54) is 0 Å². The fourth-order valence-electron chi connectivity index (χ4n) is 1.75. The number of hydrogen-bond donors (Lipinski definition) is 1. The minimum absolute atomic E-state index is 0.328. The molecule has 17 heavy (non-hydrogen) atoms. The van der Waals surface area contributed by atoms with Crippen molar-refractivity contribution in [1.82, 2.24) is 9.97 Å². The highest BCUT2D eigenvalue weighted by molar-refractivity contribution is 5.78. The second-order valence-corrected chi connectivity index (χ2v) is 3.96. The molecule has 0 bridgehead atoms. The number of ether oxygens (including phenoxy) is 1. The first-order valence-electron chi connectivity index (χ1n) is 5.79. The van der Waals surface area contributed by atoms with E-state index in [9.17, 15) is 0 Å². The van der Waals surface area contributed by atoms with Gasteiger partial charge in [-0.3, -0.25) is 9.97 Å². The molecule has 0 radical (unpaired) electrons. The summed E-state index contributed by atoms with van der Waals surface area (Å²) < 4.78 is 5.16. The SMILES string of the molecule is CCC(COC)Nc1ccc2nccnc2c1. The van der Waals surface area contributed by atoms with Crippen molar-refractivity contribution < 1.29 is 4.74 Å². The third-order valence-electron chi connectivity index (χ3n) is 2.70. The van der Waals surface area contributed by atoms with Crippen LogP contribution in [0.5, 0.6) is 0 Å². The maximum absolute atomic E-state index is 5.16. The number of methoxy groups -OCH3 is 1. The van der Waals surface area contributed by atoms with E-state index in [0.29, 0.717) is 12.6 Å². The first kappa shape index (κ1) is 11.8. The minimum Gasteiger partial charge on any atom is -0.383 e. The third-order valence-corrected chi connectivity index (χ3v) is 2.70. The summed E-state index contributed by atoms with van der Waals surface area (Å²) in [6.45, 7) is 2.84. The molecule has 0 saturated heterocycles. The van der Waals surface area contributed by atoms with Gasteiger partial charge in [-0.15, -0.1) is 0 Å². The van der Waals surface area contributed by atoms with Crippen molar-refractivity contribution in [2.75, 3.05) is 19.0 Å². The molecule has 0 aliphatic heterocycles. The predicted octanol–water partition coefficient (Wildman–Crippen LogP) is 2.47. The van der Waals surface area contributed by atoms with Gasteiger partial charge in [-0.05, 0) is 24.6 Å². The van der Waals surface area contributed by atoms with E-state index < -0.39 is 0 Å². The summed E-state index contributed by atoms with van der Waals surface area (Å²) in [7, 11) is 1.72. The van der Waals surface area contributed by atoms with Crippen molar-refractivity contribution in [3.8, 4) is 0 Å². The Morgan fingerprint density at radius 1 is 1.24 bits per heavy atom. The smallest absolute Gasteiger partial charge is 0.0907 e. The van der Waals surface area contributed by atoms with Crippen molar-refractivity contribution >= 4 is 16.7 Å². The fraction of sp³-hybridized carbons (Fsp3) is 0.385. The summed E-state index contributed by atoms with van der Waals surface area (Å²) in [4.78, 5) is 8.53. The zero-order chi connectivity index (χ0) is 12.1. The van der Waals surface area contributed by atoms with E-state index >= 15 is 0 Å². The lowest BCUT2D eigenvalue weighted by molar-refractivity contribution is 0.184. The summed E-state index contributed by atoms with van der Waals surface area (Å²) in [6.07, 6.45) is 4.43. The van der Waals surface area contributed by atoms with Crippen LogP contribution >= 0.6 is 0 Å². The first-order chi connectivity index (χ1) is 8.33. The lowest BCUT2D eigenvalue weighted by Crippen LogP contribution is -2.23. The topological polar surface area (TPSA) is 47.0 Å². The highest BCUT2D eigenvalue weighted by atomic mass is 16.5.